The lowest BCUT2D eigenvalue weighted by molar-refractivity contribution is 0.102. The maximum Gasteiger partial charge on any atom is 0.255 e. The number of amides is 1. The Balaban J connectivity index is 2.24. The van der Waals surface area contributed by atoms with Crippen LogP contribution in [-0.4, -0.2) is 10.9 Å². The summed E-state index contributed by atoms with van der Waals surface area (Å²) in [7, 11) is 0. The molecule has 0 fully saturated rings. The van der Waals surface area contributed by atoms with Crippen molar-refractivity contribution in [3.8, 4) is 0 Å². The van der Waals surface area contributed by atoms with E-state index < -0.39 is 17.5 Å². The summed E-state index contributed by atoms with van der Waals surface area (Å²) in [4.78, 5) is 11.8. The van der Waals surface area contributed by atoms with E-state index >= 15 is 0 Å². The summed E-state index contributed by atoms with van der Waals surface area (Å²) in [5, 5.41) is 2.52. The normalized spacial score (nSPS) is 10.1. The number of nitrogens with two attached hydrogens (primary N) is 1. The van der Waals surface area contributed by atoms with Gasteiger partial charge >= 0.3 is 0 Å². The van der Waals surface area contributed by atoms with Gasteiger partial charge in [0.2, 0.25) is 0 Å². The first-order valence-corrected chi connectivity index (χ1v) is 6.04. The Morgan fingerprint density at radius 1 is 1.15 bits per heavy atom. The lowest BCUT2D eigenvalue weighted by atomic mass is 10.1. The van der Waals surface area contributed by atoms with Gasteiger partial charge in [-0.05, 0) is 36.4 Å². The van der Waals surface area contributed by atoms with Gasteiger partial charge in [-0.1, -0.05) is 18.3 Å². The lowest BCUT2D eigenvalue weighted by Crippen LogP contribution is -2.15. The third-order valence-electron chi connectivity index (χ3n) is 2.58. The number of rotatable bonds is 3. The van der Waals surface area contributed by atoms with Gasteiger partial charge in [0, 0.05) is 16.8 Å². The quantitative estimate of drug-likeness (QED) is 0.855. The van der Waals surface area contributed by atoms with Gasteiger partial charge in [0.15, 0.2) is 0 Å². The maximum absolute atomic E-state index is 13.4. The second kappa shape index (κ2) is 5.75. The SMILES string of the molecule is NC(=S)c1cc(NC(=O)c2cccc(F)c2)ccc1F. The van der Waals surface area contributed by atoms with Gasteiger partial charge in [0.1, 0.15) is 16.6 Å². The van der Waals surface area contributed by atoms with Crippen LogP contribution in [0.5, 0.6) is 0 Å². The van der Waals surface area contributed by atoms with Gasteiger partial charge in [0.25, 0.3) is 5.91 Å². The fraction of sp³-hybridized carbons (Fsp3) is 0. The minimum atomic E-state index is -0.568. The highest BCUT2D eigenvalue weighted by Crippen LogP contribution is 2.16. The monoisotopic (exact) mass is 292 g/mol. The summed E-state index contributed by atoms with van der Waals surface area (Å²) in [5.74, 6) is -1.59. The molecule has 0 aromatic heterocycles. The summed E-state index contributed by atoms with van der Waals surface area (Å²) >= 11 is 4.71. The van der Waals surface area contributed by atoms with Crippen molar-refractivity contribution in [2.24, 2.45) is 5.73 Å². The molecule has 0 radical (unpaired) electrons. The fourth-order valence-corrected chi connectivity index (χ4v) is 1.78. The third kappa shape index (κ3) is 3.16. The Bertz CT molecular complexity index is 689. The molecule has 0 aliphatic carbocycles. The second-order valence-corrected chi connectivity index (χ2v) is 4.46. The Morgan fingerprint density at radius 3 is 2.55 bits per heavy atom. The molecule has 0 spiro atoms. The maximum atomic E-state index is 13.4. The molecule has 0 saturated heterocycles. The Hall–Kier alpha value is -2.34. The molecule has 0 aliphatic heterocycles. The first-order valence-electron chi connectivity index (χ1n) is 5.63. The molecule has 0 unspecified atom stereocenters. The molecule has 0 heterocycles. The van der Waals surface area contributed by atoms with Crippen LogP contribution < -0.4 is 11.1 Å². The summed E-state index contributed by atoms with van der Waals surface area (Å²) in [6.45, 7) is 0. The molecule has 3 N–H and O–H groups in total. The number of thiocarbonyl (C=S) groups is 1. The number of hydrogen-bond acceptors (Lipinski definition) is 2. The van der Waals surface area contributed by atoms with Crippen LogP contribution in [0.1, 0.15) is 15.9 Å². The van der Waals surface area contributed by atoms with E-state index in [1.165, 1.54) is 30.3 Å². The number of carbonyl (C=O) groups excluding carboxylic acids is 1. The summed E-state index contributed by atoms with van der Waals surface area (Å²) in [6.07, 6.45) is 0. The van der Waals surface area contributed by atoms with Crippen LogP contribution in [0.25, 0.3) is 0 Å². The lowest BCUT2D eigenvalue weighted by Gasteiger charge is -2.08. The number of nitrogens with one attached hydrogen (secondary N) is 1. The predicted octanol–water partition coefficient (Wildman–Crippen LogP) is 2.85. The van der Waals surface area contributed by atoms with E-state index in [9.17, 15) is 13.6 Å². The number of carbonyl (C=O) groups is 1. The molecule has 1 amide bonds. The van der Waals surface area contributed by atoms with Gasteiger partial charge in [-0.25, -0.2) is 8.78 Å². The molecule has 6 heteroatoms. The number of anilines is 1. The van der Waals surface area contributed by atoms with Crippen molar-refractivity contribution in [2.75, 3.05) is 5.32 Å². The number of hydrogen-bond donors (Lipinski definition) is 2. The van der Waals surface area contributed by atoms with E-state index in [-0.39, 0.29) is 16.1 Å². The van der Waals surface area contributed by atoms with Crippen LogP contribution in [0.4, 0.5) is 14.5 Å². The van der Waals surface area contributed by atoms with Crippen molar-refractivity contribution in [2.45, 2.75) is 0 Å². The smallest absolute Gasteiger partial charge is 0.255 e. The average molecular weight is 292 g/mol. The second-order valence-electron chi connectivity index (χ2n) is 4.02. The van der Waals surface area contributed by atoms with Crippen LogP contribution in [0, 0.1) is 11.6 Å². The highest BCUT2D eigenvalue weighted by atomic mass is 32.1. The van der Waals surface area contributed by atoms with Crippen molar-refractivity contribution >= 4 is 28.8 Å². The van der Waals surface area contributed by atoms with E-state index in [1.807, 2.05) is 0 Å². The predicted molar refractivity (Wildman–Crippen MR) is 76.6 cm³/mol. The summed E-state index contributed by atoms with van der Waals surface area (Å²) in [5.41, 5.74) is 5.89. The van der Waals surface area contributed by atoms with Crippen molar-refractivity contribution in [1.29, 1.82) is 0 Å². The zero-order valence-electron chi connectivity index (χ0n) is 10.2. The summed E-state index contributed by atoms with van der Waals surface area (Å²) < 4.78 is 26.4. The molecule has 2 aromatic carbocycles. The van der Waals surface area contributed by atoms with Gasteiger partial charge < -0.3 is 11.1 Å². The Kier molecular flexibility index (Phi) is 4.05. The molecule has 0 bridgehead atoms. The highest BCUT2D eigenvalue weighted by molar-refractivity contribution is 7.80. The highest BCUT2D eigenvalue weighted by Gasteiger charge is 2.10. The van der Waals surface area contributed by atoms with Gasteiger partial charge in [0.05, 0.1) is 0 Å². The first kappa shape index (κ1) is 14.1. The average Bonchev–Trinajstić information content (AvgIpc) is 2.40. The molecule has 20 heavy (non-hydrogen) atoms. The molecular formula is C14H10F2N2OS. The van der Waals surface area contributed by atoms with Crippen LogP contribution in [0.15, 0.2) is 42.5 Å². The Labute approximate surface area is 119 Å². The largest absolute Gasteiger partial charge is 0.389 e. The molecule has 2 rings (SSSR count). The molecule has 0 atom stereocenters. The van der Waals surface area contributed by atoms with Crippen LogP contribution >= 0.6 is 12.2 Å². The molecular weight excluding hydrogens is 282 g/mol. The van der Waals surface area contributed by atoms with Crippen molar-refractivity contribution in [3.63, 3.8) is 0 Å². The number of benzene rings is 2. The molecule has 0 saturated carbocycles. The number of halogens is 2. The molecule has 3 nitrogen and oxygen atoms in total. The van der Waals surface area contributed by atoms with E-state index in [0.717, 1.165) is 12.1 Å². The van der Waals surface area contributed by atoms with Crippen molar-refractivity contribution in [3.05, 3.63) is 65.2 Å². The van der Waals surface area contributed by atoms with Gasteiger partial charge in [-0.15, -0.1) is 0 Å². The van der Waals surface area contributed by atoms with Crippen molar-refractivity contribution < 1.29 is 13.6 Å². The van der Waals surface area contributed by atoms with Gasteiger partial charge in [-0.3, -0.25) is 4.79 Å². The van der Waals surface area contributed by atoms with E-state index in [0.29, 0.717) is 5.69 Å². The van der Waals surface area contributed by atoms with Crippen molar-refractivity contribution in [1.82, 2.24) is 0 Å². The van der Waals surface area contributed by atoms with E-state index in [2.05, 4.69) is 5.32 Å². The molecule has 0 aliphatic rings. The van der Waals surface area contributed by atoms with Crippen LogP contribution in [0.2, 0.25) is 0 Å². The standard InChI is InChI=1S/C14H10F2N2OS/c15-9-3-1-2-8(6-9)14(19)18-10-4-5-12(16)11(7-10)13(17)20/h1-7H,(H2,17,20)(H,18,19). The topological polar surface area (TPSA) is 55.1 Å². The third-order valence-corrected chi connectivity index (χ3v) is 2.80. The Morgan fingerprint density at radius 2 is 1.90 bits per heavy atom. The fourth-order valence-electron chi connectivity index (χ4n) is 1.62. The molecule has 2 aromatic rings. The zero-order valence-corrected chi connectivity index (χ0v) is 11.0. The molecule has 102 valence electrons. The van der Waals surface area contributed by atoms with Crippen LogP contribution in [-0.2, 0) is 0 Å². The minimum Gasteiger partial charge on any atom is -0.389 e. The van der Waals surface area contributed by atoms with E-state index in [4.69, 9.17) is 18.0 Å². The zero-order chi connectivity index (χ0) is 14.7. The first-order chi connectivity index (χ1) is 9.47. The minimum absolute atomic E-state index is 0.0389. The summed E-state index contributed by atoms with van der Waals surface area (Å²) in [6, 6.07) is 9.08. The van der Waals surface area contributed by atoms with Crippen LogP contribution in [0.3, 0.4) is 0 Å². The van der Waals surface area contributed by atoms with E-state index in [1.54, 1.807) is 0 Å². The van der Waals surface area contributed by atoms with Gasteiger partial charge in [-0.2, -0.15) is 0 Å².